The van der Waals surface area contributed by atoms with Crippen LogP contribution in [0.15, 0.2) is 12.2 Å². The van der Waals surface area contributed by atoms with E-state index in [1.807, 2.05) is 19.9 Å². The molecule has 2 rings (SSSR count). The number of aliphatic hydroxyl groups is 1. The summed E-state index contributed by atoms with van der Waals surface area (Å²) >= 11 is 0. The summed E-state index contributed by atoms with van der Waals surface area (Å²) in [5.41, 5.74) is 0. The van der Waals surface area contributed by atoms with Gasteiger partial charge in [0.05, 0.1) is 25.0 Å². The minimum Gasteiger partial charge on any atom is -0.457 e. The maximum absolute atomic E-state index is 13.1. The third kappa shape index (κ3) is 8.32. The summed E-state index contributed by atoms with van der Waals surface area (Å²) in [6, 6.07) is -2.42. The zero-order valence-electron chi connectivity index (χ0n) is 18.7. The van der Waals surface area contributed by atoms with E-state index in [9.17, 15) is 24.3 Å². The number of fused-ring (bicyclic) bond motifs is 7. The molecule has 0 aromatic heterocycles. The lowest BCUT2D eigenvalue weighted by Crippen LogP contribution is -2.57. The highest BCUT2D eigenvalue weighted by molar-refractivity contribution is 8.76. The van der Waals surface area contributed by atoms with Crippen molar-refractivity contribution in [2.24, 2.45) is 5.92 Å². The van der Waals surface area contributed by atoms with Crippen LogP contribution in [0.25, 0.3) is 0 Å². The lowest BCUT2D eigenvalue weighted by molar-refractivity contribution is -0.151. The monoisotopic (exact) mass is 487 g/mol. The molecule has 180 valence electrons. The van der Waals surface area contributed by atoms with Gasteiger partial charge in [-0.05, 0) is 25.3 Å². The molecule has 0 spiro atoms. The number of hydrogen-bond donors (Lipinski definition) is 4. The summed E-state index contributed by atoms with van der Waals surface area (Å²) in [7, 11) is 3.03. The number of allylic oxidation sites excluding steroid dienone is 1. The number of nitrogens with one attached hydrogen (secondary N) is 3. The second-order valence-electron chi connectivity index (χ2n) is 8.10. The first kappa shape index (κ1) is 26.5. The van der Waals surface area contributed by atoms with Gasteiger partial charge in [-0.25, -0.2) is 0 Å². The molecule has 6 atom stereocenters. The Hall–Kier alpha value is -1.72. The minimum atomic E-state index is -1.17. The van der Waals surface area contributed by atoms with Crippen molar-refractivity contribution in [3.8, 4) is 0 Å². The summed E-state index contributed by atoms with van der Waals surface area (Å²) in [6.07, 6.45) is 2.41. The fourth-order valence-electron chi connectivity index (χ4n) is 3.37. The van der Waals surface area contributed by atoms with Crippen LogP contribution >= 0.6 is 21.6 Å². The Morgan fingerprint density at radius 1 is 1.12 bits per heavy atom. The fraction of sp³-hybridized carbons (Fsp3) is 0.714. The van der Waals surface area contributed by atoms with Gasteiger partial charge in [0.1, 0.15) is 18.2 Å². The highest BCUT2D eigenvalue weighted by atomic mass is 33.1. The van der Waals surface area contributed by atoms with Crippen molar-refractivity contribution in [3.05, 3.63) is 12.2 Å². The van der Waals surface area contributed by atoms with E-state index in [-0.39, 0.29) is 18.8 Å². The van der Waals surface area contributed by atoms with Crippen LogP contribution in [0, 0.1) is 5.92 Å². The van der Waals surface area contributed by atoms with E-state index in [0.29, 0.717) is 18.6 Å². The molecule has 3 amide bonds. The third-order valence-electron chi connectivity index (χ3n) is 5.47. The van der Waals surface area contributed by atoms with Crippen LogP contribution < -0.4 is 16.0 Å². The van der Waals surface area contributed by atoms with E-state index < -0.39 is 54.0 Å². The van der Waals surface area contributed by atoms with Crippen molar-refractivity contribution in [1.29, 1.82) is 0 Å². The number of carbonyl (C=O) groups excluding carboxylic acids is 4. The number of aliphatic hydroxyl groups excluding tert-OH is 1. The Labute approximate surface area is 196 Å². The van der Waals surface area contributed by atoms with Gasteiger partial charge in [-0.2, -0.15) is 0 Å². The lowest BCUT2D eigenvalue weighted by atomic mass is 9.92. The van der Waals surface area contributed by atoms with Gasteiger partial charge in [0.2, 0.25) is 17.7 Å². The molecule has 2 aliphatic heterocycles. The third-order valence-corrected chi connectivity index (χ3v) is 7.91. The minimum absolute atomic E-state index is 0.118. The summed E-state index contributed by atoms with van der Waals surface area (Å²) in [6.45, 7) is 5.33. The van der Waals surface area contributed by atoms with Crippen LogP contribution in [-0.4, -0.2) is 70.6 Å². The summed E-state index contributed by atoms with van der Waals surface area (Å²) in [5, 5.41) is 18.9. The Morgan fingerprint density at radius 3 is 2.59 bits per heavy atom. The van der Waals surface area contributed by atoms with Crippen LogP contribution in [0.4, 0.5) is 0 Å². The molecule has 0 radical (unpaired) electrons. The van der Waals surface area contributed by atoms with Crippen molar-refractivity contribution < 1.29 is 29.0 Å². The number of rotatable bonds is 2. The average molecular weight is 488 g/mol. The van der Waals surface area contributed by atoms with Gasteiger partial charge in [-0.3, -0.25) is 19.2 Å². The molecule has 0 aromatic rings. The first-order valence-electron chi connectivity index (χ1n) is 10.9. The van der Waals surface area contributed by atoms with Gasteiger partial charge in [-0.15, -0.1) is 0 Å². The Bertz CT molecular complexity index is 720. The Morgan fingerprint density at radius 2 is 1.88 bits per heavy atom. The molecule has 1 saturated heterocycles. The zero-order valence-corrected chi connectivity index (χ0v) is 20.3. The topological polar surface area (TPSA) is 134 Å². The van der Waals surface area contributed by atoms with Gasteiger partial charge >= 0.3 is 5.97 Å². The molecular formula is C21H33N3O6S2. The van der Waals surface area contributed by atoms with E-state index in [1.165, 1.54) is 17.7 Å². The molecule has 11 heteroatoms. The largest absolute Gasteiger partial charge is 0.457 e. The van der Waals surface area contributed by atoms with Crippen molar-refractivity contribution in [2.45, 2.75) is 76.8 Å². The molecule has 2 heterocycles. The van der Waals surface area contributed by atoms with Gasteiger partial charge in [0.25, 0.3) is 0 Å². The fourth-order valence-corrected chi connectivity index (χ4v) is 5.52. The molecule has 32 heavy (non-hydrogen) atoms. The number of esters is 1. The lowest BCUT2D eigenvalue weighted by Gasteiger charge is -2.30. The van der Waals surface area contributed by atoms with Crippen LogP contribution in [0.3, 0.4) is 0 Å². The molecule has 2 aliphatic rings. The molecule has 0 aliphatic carbocycles. The molecule has 4 N–H and O–H groups in total. The van der Waals surface area contributed by atoms with E-state index in [0.717, 1.165) is 5.75 Å². The SMILES string of the molecule is CC[C@@H](C)[C@H]1NC(=O)[C@H]2CSSCC/C=C/[C@H](CC(=O)N[C@H](C)C(=O)N2)OC(=O)C[C@@H]1O. The van der Waals surface area contributed by atoms with E-state index in [1.54, 1.807) is 16.9 Å². The van der Waals surface area contributed by atoms with E-state index in [2.05, 4.69) is 16.0 Å². The van der Waals surface area contributed by atoms with Crippen LogP contribution in [0.1, 0.15) is 46.5 Å². The van der Waals surface area contributed by atoms with E-state index >= 15 is 0 Å². The van der Waals surface area contributed by atoms with Crippen molar-refractivity contribution in [3.63, 3.8) is 0 Å². The van der Waals surface area contributed by atoms with Crippen LogP contribution in [-0.2, 0) is 23.9 Å². The second-order valence-corrected chi connectivity index (χ2v) is 10.7. The van der Waals surface area contributed by atoms with Crippen molar-refractivity contribution in [1.82, 2.24) is 16.0 Å². The zero-order chi connectivity index (χ0) is 23.7. The first-order valence-corrected chi connectivity index (χ1v) is 13.4. The van der Waals surface area contributed by atoms with Crippen LogP contribution in [0.2, 0.25) is 0 Å². The summed E-state index contributed by atoms with van der Waals surface area (Å²) < 4.78 is 5.46. The molecule has 9 nitrogen and oxygen atoms in total. The maximum atomic E-state index is 13.1. The summed E-state index contributed by atoms with van der Waals surface area (Å²) in [5.74, 6) is -1.09. The van der Waals surface area contributed by atoms with Gasteiger partial charge in [0, 0.05) is 11.5 Å². The summed E-state index contributed by atoms with van der Waals surface area (Å²) in [4.78, 5) is 50.7. The number of carbonyl (C=O) groups is 4. The van der Waals surface area contributed by atoms with Gasteiger partial charge in [0.15, 0.2) is 0 Å². The molecular weight excluding hydrogens is 454 g/mol. The second kappa shape index (κ2) is 13.1. The van der Waals surface area contributed by atoms with Crippen molar-refractivity contribution in [2.75, 3.05) is 11.5 Å². The van der Waals surface area contributed by atoms with Crippen LogP contribution in [0.5, 0.6) is 0 Å². The highest BCUT2D eigenvalue weighted by Gasteiger charge is 2.33. The first-order chi connectivity index (χ1) is 15.2. The average Bonchev–Trinajstić information content (AvgIpc) is 2.73. The predicted octanol–water partition coefficient (Wildman–Crippen LogP) is 0.915. The van der Waals surface area contributed by atoms with Crippen molar-refractivity contribution >= 4 is 45.3 Å². The molecule has 1 fully saturated rings. The standard InChI is InChI=1S/C21H33N3O6S2/c1-4-12(2)19-16(25)10-18(27)30-14-7-5-6-8-31-32-11-15(21(29)24-19)23-20(28)13(3)22-17(26)9-14/h5,7,12-16,19,25H,4,6,8-11H2,1-3H3,(H,22,26)(H,23,28)(H,24,29)/b7-5+/t12-,13-,14-,15-,16+,19-/m1/s1. The van der Waals surface area contributed by atoms with E-state index in [4.69, 9.17) is 4.74 Å². The smallest absolute Gasteiger partial charge is 0.309 e. The maximum Gasteiger partial charge on any atom is 0.309 e. The quantitative estimate of drug-likeness (QED) is 0.257. The Kier molecular flexibility index (Phi) is 10.9. The molecule has 2 bridgehead atoms. The Balaban J connectivity index is 2.43. The highest BCUT2D eigenvalue weighted by Crippen LogP contribution is 2.24. The number of amides is 3. The molecule has 0 aromatic carbocycles. The molecule has 0 unspecified atom stereocenters. The number of hydrogen-bond acceptors (Lipinski definition) is 8. The molecule has 0 saturated carbocycles. The van der Waals surface area contributed by atoms with Gasteiger partial charge < -0.3 is 25.8 Å². The number of ether oxygens (including phenoxy) is 1. The van der Waals surface area contributed by atoms with Gasteiger partial charge in [-0.1, -0.05) is 47.9 Å². The normalized spacial score (nSPS) is 33.3. The predicted molar refractivity (Wildman–Crippen MR) is 125 cm³/mol.